The van der Waals surface area contributed by atoms with Gasteiger partial charge in [-0.1, -0.05) is 37.3 Å². The average Bonchev–Trinajstić information content (AvgIpc) is 2.59. The molecule has 5 heteroatoms. The third-order valence-corrected chi connectivity index (χ3v) is 5.70. The fraction of sp³-hybridized carbons (Fsp3) is 0.632. The molecule has 0 aromatic heterocycles. The molecule has 0 bridgehead atoms. The summed E-state index contributed by atoms with van der Waals surface area (Å²) >= 11 is 0. The van der Waals surface area contributed by atoms with E-state index in [2.05, 4.69) is 43.4 Å². The van der Waals surface area contributed by atoms with E-state index in [1.165, 1.54) is 5.56 Å². The Morgan fingerprint density at radius 3 is 2.54 bits per heavy atom. The van der Waals surface area contributed by atoms with Crippen molar-refractivity contribution in [3.8, 4) is 0 Å². The maximum Gasteiger partial charge on any atom is 0.318 e. The minimum absolute atomic E-state index is 0.00658. The average molecular weight is 331 g/mol. The minimum Gasteiger partial charge on any atom is -0.381 e. The fourth-order valence-corrected chi connectivity index (χ4v) is 3.94. The molecule has 1 aromatic rings. The zero-order chi connectivity index (χ0) is 17.2. The zero-order valence-corrected chi connectivity index (χ0v) is 15.0. The molecule has 0 unspecified atom stereocenters. The monoisotopic (exact) mass is 331 g/mol. The summed E-state index contributed by atoms with van der Waals surface area (Å²) in [5.74, 6) is 0.504. The molecule has 2 fully saturated rings. The maximum atomic E-state index is 12.7. The summed E-state index contributed by atoms with van der Waals surface area (Å²) < 4.78 is 5.50. The van der Waals surface area contributed by atoms with Gasteiger partial charge in [0.1, 0.15) is 0 Å². The Morgan fingerprint density at radius 1 is 1.29 bits per heavy atom. The van der Waals surface area contributed by atoms with Crippen molar-refractivity contribution >= 4 is 6.03 Å². The smallest absolute Gasteiger partial charge is 0.318 e. The standard InChI is InChI=1S/C19H29N3O2/c1-15-13-22(17(15)16-7-5-4-6-8-16)18(23)20-14-19(21(2)3)9-11-24-12-10-19/h4-8,15,17H,9-14H2,1-3H3,(H,20,23)/t15-,17-/m0/s1. The molecule has 24 heavy (non-hydrogen) atoms. The largest absolute Gasteiger partial charge is 0.381 e. The lowest BCUT2D eigenvalue weighted by molar-refractivity contribution is -0.00815. The molecule has 2 amide bonds. The lowest BCUT2D eigenvalue weighted by atomic mass is 9.85. The third kappa shape index (κ3) is 3.28. The van der Waals surface area contributed by atoms with Crippen molar-refractivity contribution in [2.24, 2.45) is 5.92 Å². The molecule has 1 aromatic carbocycles. The Kier molecular flexibility index (Phi) is 5.11. The van der Waals surface area contributed by atoms with Gasteiger partial charge in [0.15, 0.2) is 0 Å². The maximum absolute atomic E-state index is 12.7. The molecule has 2 saturated heterocycles. The summed E-state index contributed by atoms with van der Waals surface area (Å²) in [6.07, 6.45) is 1.91. The molecule has 2 aliphatic heterocycles. The number of likely N-dealkylation sites (N-methyl/N-ethyl adjacent to an activating group) is 1. The Bertz CT molecular complexity index is 555. The molecule has 0 aliphatic carbocycles. The van der Waals surface area contributed by atoms with Gasteiger partial charge in [0, 0.05) is 31.8 Å². The van der Waals surface area contributed by atoms with Gasteiger partial charge in [-0.15, -0.1) is 0 Å². The van der Waals surface area contributed by atoms with Gasteiger partial charge in [-0.2, -0.15) is 0 Å². The van der Waals surface area contributed by atoms with E-state index in [-0.39, 0.29) is 17.6 Å². The number of amides is 2. The van der Waals surface area contributed by atoms with Gasteiger partial charge in [-0.25, -0.2) is 4.79 Å². The van der Waals surface area contributed by atoms with Gasteiger partial charge in [-0.05, 0) is 38.4 Å². The van der Waals surface area contributed by atoms with E-state index >= 15 is 0 Å². The lowest BCUT2D eigenvalue weighted by Crippen LogP contribution is -2.60. The third-order valence-electron chi connectivity index (χ3n) is 5.70. The van der Waals surface area contributed by atoms with Gasteiger partial charge in [0.2, 0.25) is 0 Å². The topological polar surface area (TPSA) is 44.8 Å². The van der Waals surface area contributed by atoms with E-state index in [0.29, 0.717) is 12.5 Å². The van der Waals surface area contributed by atoms with Crippen LogP contribution in [-0.2, 0) is 4.74 Å². The van der Waals surface area contributed by atoms with Crippen molar-refractivity contribution in [2.45, 2.75) is 31.3 Å². The molecule has 0 saturated carbocycles. The van der Waals surface area contributed by atoms with Crippen LogP contribution < -0.4 is 5.32 Å². The molecular formula is C19H29N3O2. The summed E-state index contributed by atoms with van der Waals surface area (Å²) in [5, 5.41) is 3.19. The van der Waals surface area contributed by atoms with Gasteiger partial charge in [0.05, 0.1) is 6.04 Å². The van der Waals surface area contributed by atoms with E-state index in [1.54, 1.807) is 0 Å². The van der Waals surface area contributed by atoms with Crippen molar-refractivity contribution in [2.75, 3.05) is 40.4 Å². The number of carbonyl (C=O) groups excluding carboxylic acids is 1. The molecular weight excluding hydrogens is 302 g/mol. The second kappa shape index (κ2) is 7.11. The van der Waals surface area contributed by atoms with Crippen LogP contribution in [0.1, 0.15) is 31.4 Å². The van der Waals surface area contributed by atoms with E-state index in [9.17, 15) is 4.79 Å². The first kappa shape index (κ1) is 17.2. The first-order valence-electron chi connectivity index (χ1n) is 8.88. The van der Waals surface area contributed by atoms with Crippen molar-refractivity contribution in [1.29, 1.82) is 0 Å². The molecule has 132 valence electrons. The quantitative estimate of drug-likeness (QED) is 0.922. The van der Waals surface area contributed by atoms with Crippen molar-refractivity contribution in [3.63, 3.8) is 0 Å². The van der Waals surface area contributed by atoms with Crippen molar-refractivity contribution in [3.05, 3.63) is 35.9 Å². The van der Waals surface area contributed by atoms with Crippen molar-refractivity contribution < 1.29 is 9.53 Å². The number of hydrogen-bond acceptors (Lipinski definition) is 3. The van der Waals surface area contributed by atoms with Crippen LogP contribution in [0.15, 0.2) is 30.3 Å². The Balaban J connectivity index is 1.62. The molecule has 0 spiro atoms. The summed E-state index contributed by atoms with van der Waals surface area (Å²) in [6, 6.07) is 10.6. The number of nitrogens with zero attached hydrogens (tertiary/aromatic N) is 2. The Hall–Kier alpha value is -1.59. The first-order valence-corrected chi connectivity index (χ1v) is 8.88. The predicted octanol–water partition coefficient (Wildman–Crippen LogP) is 2.50. The molecule has 1 N–H and O–H groups in total. The highest BCUT2D eigenvalue weighted by Crippen LogP contribution is 2.38. The number of likely N-dealkylation sites (tertiary alicyclic amines) is 1. The fourth-order valence-electron chi connectivity index (χ4n) is 3.94. The van der Waals surface area contributed by atoms with E-state index in [4.69, 9.17) is 4.74 Å². The first-order chi connectivity index (χ1) is 11.5. The summed E-state index contributed by atoms with van der Waals surface area (Å²) in [7, 11) is 4.19. The molecule has 5 nitrogen and oxygen atoms in total. The number of hydrogen-bond donors (Lipinski definition) is 1. The predicted molar refractivity (Wildman–Crippen MR) is 94.9 cm³/mol. The van der Waals surface area contributed by atoms with Gasteiger partial charge >= 0.3 is 6.03 Å². The number of nitrogens with one attached hydrogen (secondary N) is 1. The zero-order valence-electron chi connectivity index (χ0n) is 15.0. The summed E-state index contributed by atoms with van der Waals surface area (Å²) in [5.41, 5.74) is 1.23. The van der Waals surface area contributed by atoms with Gasteiger partial charge in [0.25, 0.3) is 0 Å². The van der Waals surface area contributed by atoms with Crippen LogP contribution in [0.5, 0.6) is 0 Å². The minimum atomic E-state index is 0.00658. The van der Waals surface area contributed by atoms with E-state index in [1.807, 2.05) is 23.1 Å². The molecule has 2 heterocycles. The van der Waals surface area contributed by atoms with Crippen LogP contribution in [0.2, 0.25) is 0 Å². The number of rotatable bonds is 4. The van der Waals surface area contributed by atoms with Crippen molar-refractivity contribution in [1.82, 2.24) is 15.1 Å². The lowest BCUT2D eigenvalue weighted by Gasteiger charge is -2.48. The Morgan fingerprint density at radius 2 is 1.96 bits per heavy atom. The molecule has 2 aliphatic rings. The van der Waals surface area contributed by atoms with Gasteiger partial charge in [-0.3, -0.25) is 0 Å². The highest BCUT2D eigenvalue weighted by Gasteiger charge is 2.41. The Labute approximate surface area is 145 Å². The van der Waals surface area contributed by atoms with Crippen LogP contribution in [-0.4, -0.2) is 61.8 Å². The second-order valence-corrected chi connectivity index (χ2v) is 7.38. The number of carbonyl (C=O) groups is 1. The highest BCUT2D eigenvalue weighted by molar-refractivity contribution is 5.76. The summed E-state index contributed by atoms with van der Waals surface area (Å²) in [6.45, 7) is 5.24. The van der Waals surface area contributed by atoms with Gasteiger partial charge < -0.3 is 19.9 Å². The molecule has 2 atom stereocenters. The second-order valence-electron chi connectivity index (χ2n) is 7.38. The van der Waals surface area contributed by atoms with Crippen LogP contribution in [0.3, 0.4) is 0 Å². The summed E-state index contributed by atoms with van der Waals surface area (Å²) in [4.78, 5) is 16.9. The molecule has 3 rings (SSSR count). The molecule has 0 radical (unpaired) electrons. The number of benzene rings is 1. The van der Waals surface area contributed by atoms with Crippen LogP contribution in [0.4, 0.5) is 4.79 Å². The van der Waals surface area contributed by atoms with E-state index < -0.39 is 0 Å². The van der Waals surface area contributed by atoms with Crippen LogP contribution in [0.25, 0.3) is 0 Å². The number of ether oxygens (including phenoxy) is 1. The normalized spacial score (nSPS) is 26.1. The number of urea groups is 1. The van der Waals surface area contributed by atoms with Crippen LogP contribution in [0, 0.1) is 5.92 Å². The van der Waals surface area contributed by atoms with E-state index in [0.717, 1.165) is 32.6 Å². The van der Waals surface area contributed by atoms with Crippen LogP contribution >= 0.6 is 0 Å². The highest BCUT2D eigenvalue weighted by atomic mass is 16.5. The SMILES string of the molecule is C[C@H]1CN(C(=O)NCC2(N(C)C)CCOCC2)[C@@H]1c1ccccc1.